The van der Waals surface area contributed by atoms with Gasteiger partial charge in [-0.15, -0.1) is 11.3 Å². The van der Waals surface area contributed by atoms with E-state index in [1.165, 1.54) is 0 Å². The second-order valence-electron chi connectivity index (χ2n) is 3.70. The minimum atomic E-state index is 0.642. The monoisotopic (exact) mass is 237 g/mol. The molecule has 3 heteroatoms. The molecular weight excluding hydrogens is 227 g/mol. The Kier molecular flexibility index (Phi) is 3.23. The van der Waals surface area contributed by atoms with Crippen molar-refractivity contribution < 1.29 is 0 Å². The fourth-order valence-corrected chi connectivity index (χ4v) is 2.02. The molecule has 0 aliphatic heterocycles. The molecule has 2 aromatic rings. The van der Waals surface area contributed by atoms with Crippen molar-refractivity contribution in [3.05, 3.63) is 51.0 Å². The summed E-state index contributed by atoms with van der Waals surface area (Å²) in [5.74, 6) is 6.03. The van der Waals surface area contributed by atoms with Gasteiger partial charge in [0.2, 0.25) is 0 Å². The first-order valence-corrected chi connectivity index (χ1v) is 6.01. The third kappa shape index (κ3) is 2.93. The summed E-state index contributed by atoms with van der Waals surface area (Å²) in [7, 11) is 0. The van der Waals surface area contributed by atoms with Gasteiger partial charge in [-0.05, 0) is 43.5 Å². The average Bonchev–Trinajstić information content (AvgIpc) is 2.72. The number of thiazole rings is 1. The van der Waals surface area contributed by atoms with Gasteiger partial charge >= 0.3 is 0 Å². The lowest BCUT2D eigenvalue weighted by molar-refractivity contribution is 1.27. The number of benzene rings is 1. The lowest BCUT2D eigenvalue weighted by atomic mass is 9.98. The minimum Gasteiger partial charge on any atom is -0.233 e. The van der Waals surface area contributed by atoms with Crippen molar-refractivity contribution >= 4 is 11.3 Å². The second-order valence-corrected chi connectivity index (χ2v) is 4.76. The molecule has 1 aromatic heterocycles. The molecule has 0 unspecified atom stereocenters. The Morgan fingerprint density at radius 1 is 1.12 bits per heavy atom. The van der Waals surface area contributed by atoms with E-state index < -0.39 is 0 Å². The molecule has 2 rings (SSSR count). The highest BCUT2D eigenvalue weighted by Crippen LogP contribution is 2.09. The van der Waals surface area contributed by atoms with Gasteiger partial charge in [-0.25, -0.2) is 4.98 Å². The van der Waals surface area contributed by atoms with E-state index in [1.54, 1.807) is 17.4 Å². The molecule has 0 bridgehead atoms. The Hall–Kier alpha value is -2.10. The zero-order valence-corrected chi connectivity index (χ0v) is 10.4. The summed E-state index contributed by atoms with van der Waals surface area (Å²) in [4.78, 5) is 4.27. The highest BCUT2D eigenvalue weighted by atomic mass is 32.1. The molecule has 1 heterocycles. The van der Waals surface area contributed by atoms with E-state index in [1.807, 2.05) is 31.4 Å². The lowest BCUT2D eigenvalue weighted by Crippen LogP contribution is -1.82. The van der Waals surface area contributed by atoms with Gasteiger partial charge in [-0.2, -0.15) is 5.26 Å². The van der Waals surface area contributed by atoms with Crippen molar-refractivity contribution in [2.75, 3.05) is 0 Å². The molecule has 1 aromatic carbocycles. The van der Waals surface area contributed by atoms with Crippen LogP contribution in [0.25, 0.3) is 0 Å². The van der Waals surface area contributed by atoms with Gasteiger partial charge in [0.1, 0.15) is 5.69 Å². The maximum atomic E-state index is 8.87. The molecule has 0 aliphatic carbocycles. The topological polar surface area (TPSA) is 36.7 Å². The Morgan fingerprint density at radius 3 is 2.53 bits per heavy atom. The first kappa shape index (κ1) is 11.4. The van der Waals surface area contributed by atoms with Gasteiger partial charge in [0.15, 0.2) is 0 Å². The SMILES string of the molecule is Cc1nc(C#Cc2cc([11CH3])cc(C#N)c2)cs1. The smallest absolute Gasteiger partial charge is 0.124 e. The van der Waals surface area contributed by atoms with Crippen molar-refractivity contribution in [2.45, 2.75) is 13.8 Å². The molecule has 0 saturated heterocycles. The highest BCUT2D eigenvalue weighted by molar-refractivity contribution is 7.09. The van der Waals surface area contributed by atoms with Crippen LogP contribution in [0, 0.1) is 37.0 Å². The Labute approximate surface area is 105 Å². The number of hydrogen-bond donors (Lipinski definition) is 0. The predicted octanol–water partition coefficient (Wildman–Crippen LogP) is 3.03. The van der Waals surface area contributed by atoms with Gasteiger partial charge in [-0.1, -0.05) is 5.92 Å². The van der Waals surface area contributed by atoms with Crippen molar-refractivity contribution in [2.24, 2.45) is 0 Å². The summed E-state index contributed by atoms with van der Waals surface area (Å²) < 4.78 is 0. The Bertz CT molecular complexity index is 651. The lowest BCUT2D eigenvalue weighted by Gasteiger charge is -1.95. The number of aromatic nitrogens is 1. The van der Waals surface area contributed by atoms with Crippen LogP contribution in [0.1, 0.15) is 27.4 Å². The Balaban J connectivity index is 2.34. The number of hydrogen-bond acceptors (Lipinski definition) is 3. The minimum absolute atomic E-state index is 0.642. The molecule has 82 valence electrons. The molecule has 17 heavy (non-hydrogen) atoms. The van der Waals surface area contributed by atoms with Gasteiger partial charge in [0.05, 0.1) is 16.6 Å². The van der Waals surface area contributed by atoms with Crippen LogP contribution in [-0.2, 0) is 0 Å². The standard InChI is InChI=1S/C14H10N2S/c1-10-5-12(7-13(6-10)8-15)3-4-14-9-17-11(2)16-14/h5-7,9H,1-2H3/i1-1. The number of rotatable bonds is 0. The van der Waals surface area contributed by atoms with E-state index in [0.29, 0.717) is 5.56 Å². The quantitative estimate of drug-likeness (QED) is 0.660. The van der Waals surface area contributed by atoms with E-state index in [4.69, 9.17) is 5.26 Å². The molecule has 0 aliphatic rings. The third-order valence-corrected chi connectivity index (χ3v) is 2.93. The molecule has 0 fully saturated rings. The Morgan fingerprint density at radius 2 is 1.88 bits per heavy atom. The summed E-state index contributed by atoms with van der Waals surface area (Å²) in [6.45, 7) is 3.91. The summed E-state index contributed by atoms with van der Waals surface area (Å²) >= 11 is 1.58. The van der Waals surface area contributed by atoms with Gasteiger partial charge in [0, 0.05) is 10.9 Å². The molecule has 0 radical (unpaired) electrons. The van der Waals surface area contributed by atoms with Crippen LogP contribution >= 0.6 is 11.3 Å². The predicted molar refractivity (Wildman–Crippen MR) is 68.7 cm³/mol. The van der Waals surface area contributed by atoms with Crippen LogP contribution in [0.3, 0.4) is 0 Å². The zero-order chi connectivity index (χ0) is 12.3. The first-order valence-electron chi connectivity index (χ1n) is 5.13. The van der Waals surface area contributed by atoms with Gasteiger partial charge in [0.25, 0.3) is 0 Å². The second kappa shape index (κ2) is 4.82. The van der Waals surface area contributed by atoms with E-state index in [9.17, 15) is 0 Å². The van der Waals surface area contributed by atoms with E-state index in [2.05, 4.69) is 22.9 Å². The van der Waals surface area contributed by atoms with Crippen LogP contribution in [-0.4, -0.2) is 4.98 Å². The van der Waals surface area contributed by atoms with Gasteiger partial charge in [-0.3, -0.25) is 0 Å². The number of nitrogens with zero attached hydrogens (tertiary/aromatic N) is 2. The van der Waals surface area contributed by atoms with E-state index >= 15 is 0 Å². The fourth-order valence-electron chi connectivity index (χ4n) is 1.48. The summed E-state index contributed by atoms with van der Waals surface area (Å²) in [6.07, 6.45) is 0. The largest absolute Gasteiger partial charge is 0.233 e. The van der Waals surface area contributed by atoms with E-state index in [0.717, 1.165) is 21.8 Å². The van der Waals surface area contributed by atoms with Crippen LogP contribution in [0.15, 0.2) is 23.6 Å². The molecule has 2 nitrogen and oxygen atoms in total. The first-order chi connectivity index (χ1) is 8.17. The van der Waals surface area contributed by atoms with E-state index in [-0.39, 0.29) is 0 Å². The molecule has 0 saturated carbocycles. The maximum Gasteiger partial charge on any atom is 0.124 e. The normalized spacial score (nSPS) is 9.24. The summed E-state index contributed by atoms with van der Waals surface area (Å²) in [6, 6.07) is 7.73. The maximum absolute atomic E-state index is 8.87. The third-order valence-electron chi connectivity index (χ3n) is 2.16. The molecule has 0 amide bonds. The highest BCUT2D eigenvalue weighted by Gasteiger charge is 1.96. The zero-order valence-electron chi connectivity index (χ0n) is 9.61. The molecule has 0 atom stereocenters. The average molecular weight is 237 g/mol. The van der Waals surface area contributed by atoms with Crippen LogP contribution in [0.2, 0.25) is 0 Å². The van der Waals surface area contributed by atoms with Crippen molar-refractivity contribution in [1.82, 2.24) is 4.98 Å². The van der Waals surface area contributed by atoms with Crippen LogP contribution < -0.4 is 0 Å². The van der Waals surface area contributed by atoms with Gasteiger partial charge < -0.3 is 0 Å². The summed E-state index contributed by atoms with van der Waals surface area (Å²) in [5.41, 5.74) is 3.33. The van der Waals surface area contributed by atoms with Crippen molar-refractivity contribution in [1.29, 1.82) is 5.26 Å². The number of nitriles is 1. The van der Waals surface area contributed by atoms with Crippen molar-refractivity contribution in [3.63, 3.8) is 0 Å². The van der Waals surface area contributed by atoms with Crippen molar-refractivity contribution in [3.8, 4) is 17.9 Å². The molecule has 0 spiro atoms. The van der Waals surface area contributed by atoms with Crippen LogP contribution in [0.5, 0.6) is 0 Å². The summed E-state index contributed by atoms with van der Waals surface area (Å²) in [5, 5.41) is 11.8. The van der Waals surface area contributed by atoms with Crippen LogP contribution in [0.4, 0.5) is 0 Å². The molecule has 0 N–H and O–H groups in total. The molecular formula is C14H10N2S. The number of aryl methyl sites for hydroxylation is 2. The fraction of sp³-hybridized carbons (Fsp3) is 0.143.